The number of imidazole rings is 1. The van der Waals surface area contributed by atoms with Crippen molar-refractivity contribution in [3.63, 3.8) is 0 Å². The first-order valence-electron chi connectivity index (χ1n) is 6.72. The second-order valence-corrected chi connectivity index (χ2v) is 4.81. The standard InChI is InChI=1S/C15H19F2N3/c1-3-20(11-15-18-7-9-19(15)2)8-6-12-4-5-13(16)10-14(12)17/h4-5,7,9-10H,3,6,8,11H2,1-2H3. The van der Waals surface area contributed by atoms with E-state index in [1.165, 1.54) is 12.1 Å². The first kappa shape index (κ1) is 14.7. The topological polar surface area (TPSA) is 21.1 Å². The molecule has 5 heteroatoms. The van der Waals surface area contributed by atoms with E-state index in [0.717, 1.165) is 25.0 Å². The molecule has 0 unspecified atom stereocenters. The summed E-state index contributed by atoms with van der Waals surface area (Å²) in [6.07, 6.45) is 4.23. The summed E-state index contributed by atoms with van der Waals surface area (Å²) in [5.74, 6) is -0.0314. The van der Waals surface area contributed by atoms with Crippen LogP contribution in [0, 0.1) is 11.6 Å². The van der Waals surface area contributed by atoms with Crippen LogP contribution in [-0.2, 0) is 20.0 Å². The maximum absolute atomic E-state index is 13.6. The average Bonchev–Trinajstić information content (AvgIpc) is 2.81. The van der Waals surface area contributed by atoms with Gasteiger partial charge in [-0.3, -0.25) is 4.90 Å². The van der Waals surface area contributed by atoms with Crippen molar-refractivity contribution >= 4 is 0 Å². The van der Waals surface area contributed by atoms with Crippen molar-refractivity contribution in [3.8, 4) is 0 Å². The predicted molar refractivity (Wildman–Crippen MR) is 74.2 cm³/mol. The first-order valence-corrected chi connectivity index (χ1v) is 6.72. The summed E-state index contributed by atoms with van der Waals surface area (Å²) in [5.41, 5.74) is 0.546. The summed E-state index contributed by atoms with van der Waals surface area (Å²) in [7, 11) is 1.95. The predicted octanol–water partition coefficient (Wildman–Crippen LogP) is 2.76. The summed E-state index contributed by atoms with van der Waals surface area (Å²) in [6.45, 7) is 4.36. The lowest BCUT2D eigenvalue weighted by atomic mass is 10.1. The van der Waals surface area contributed by atoms with Crippen molar-refractivity contribution < 1.29 is 8.78 Å². The van der Waals surface area contributed by atoms with Crippen molar-refractivity contribution in [3.05, 3.63) is 53.6 Å². The molecule has 2 rings (SSSR count). The zero-order valence-corrected chi connectivity index (χ0v) is 11.8. The van der Waals surface area contributed by atoms with Crippen LogP contribution in [0.25, 0.3) is 0 Å². The average molecular weight is 279 g/mol. The van der Waals surface area contributed by atoms with E-state index in [-0.39, 0.29) is 0 Å². The van der Waals surface area contributed by atoms with E-state index in [1.54, 1.807) is 6.20 Å². The highest BCUT2D eigenvalue weighted by molar-refractivity contribution is 5.18. The van der Waals surface area contributed by atoms with Crippen LogP contribution < -0.4 is 0 Å². The van der Waals surface area contributed by atoms with Crippen molar-refractivity contribution in [2.24, 2.45) is 7.05 Å². The Hall–Kier alpha value is -1.75. The van der Waals surface area contributed by atoms with E-state index < -0.39 is 11.6 Å². The van der Waals surface area contributed by atoms with Gasteiger partial charge in [-0.15, -0.1) is 0 Å². The normalized spacial score (nSPS) is 11.2. The van der Waals surface area contributed by atoms with Gasteiger partial charge >= 0.3 is 0 Å². The van der Waals surface area contributed by atoms with Crippen LogP contribution >= 0.6 is 0 Å². The van der Waals surface area contributed by atoms with Gasteiger partial charge in [0.25, 0.3) is 0 Å². The molecule has 0 aliphatic rings. The second-order valence-electron chi connectivity index (χ2n) is 4.81. The maximum atomic E-state index is 13.6. The minimum absolute atomic E-state index is 0.474. The molecule has 0 aliphatic heterocycles. The number of rotatable bonds is 6. The fourth-order valence-electron chi connectivity index (χ4n) is 2.10. The van der Waals surface area contributed by atoms with E-state index in [1.807, 2.05) is 17.8 Å². The van der Waals surface area contributed by atoms with Crippen LogP contribution in [0.2, 0.25) is 0 Å². The van der Waals surface area contributed by atoms with Gasteiger partial charge in [0.15, 0.2) is 0 Å². The zero-order chi connectivity index (χ0) is 14.5. The third-order valence-electron chi connectivity index (χ3n) is 3.45. The molecule has 20 heavy (non-hydrogen) atoms. The SMILES string of the molecule is CCN(CCc1ccc(F)cc1F)Cc1nccn1C. The van der Waals surface area contributed by atoms with Crippen LogP contribution in [0.15, 0.2) is 30.6 Å². The summed E-state index contributed by atoms with van der Waals surface area (Å²) in [4.78, 5) is 6.47. The molecule has 0 radical (unpaired) electrons. The van der Waals surface area contributed by atoms with Crippen LogP contribution in [0.1, 0.15) is 18.3 Å². The molecule has 0 saturated heterocycles. The quantitative estimate of drug-likeness (QED) is 0.810. The number of aryl methyl sites for hydroxylation is 1. The number of likely N-dealkylation sites (N-methyl/N-ethyl adjacent to an activating group) is 1. The fourth-order valence-corrected chi connectivity index (χ4v) is 2.10. The van der Waals surface area contributed by atoms with Gasteiger partial charge in [-0.25, -0.2) is 13.8 Å². The molecule has 0 spiro atoms. The molecule has 108 valence electrons. The minimum atomic E-state index is -0.536. The number of hydrogen-bond donors (Lipinski definition) is 0. The van der Waals surface area contributed by atoms with Gasteiger partial charge in [-0.05, 0) is 24.6 Å². The highest BCUT2D eigenvalue weighted by Gasteiger charge is 2.09. The fraction of sp³-hybridized carbons (Fsp3) is 0.400. The number of halogens is 2. The number of benzene rings is 1. The van der Waals surface area contributed by atoms with Crippen LogP contribution in [0.5, 0.6) is 0 Å². The first-order chi connectivity index (χ1) is 9.60. The van der Waals surface area contributed by atoms with Crippen molar-refractivity contribution in [1.82, 2.24) is 14.5 Å². The highest BCUT2D eigenvalue weighted by atomic mass is 19.1. The Morgan fingerprint density at radius 2 is 2.10 bits per heavy atom. The van der Waals surface area contributed by atoms with E-state index in [4.69, 9.17) is 0 Å². The molecule has 1 aromatic heterocycles. The molecular weight excluding hydrogens is 260 g/mol. The van der Waals surface area contributed by atoms with Gasteiger partial charge in [0.1, 0.15) is 17.5 Å². The Morgan fingerprint density at radius 3 is 2.70 bits per heavy atom. The summed E-state index contributed by atoms with van der Waals surface area (Å²) in [6, 6.07) is 3.75. The van der Waals surface area contributed by atoms with Gasteiger partial charge in [0.05, 0.1) is 6.54 Å². The maximum Gasteiger partial charge on any atom is 0.129 e. The third-order valence-corrected chi connectivity index (χ3v) is 3.45. The smallest absolute Gasteiger partial charge is 0.129 e. The second kappa shape index (κ2) is 6.61. The Labute approximate surface area is 117 Å². The monoisotopic (exact) mass is 279 g/mol. The van der Waals surface area contributed by atoms with Crippen LogP contribution in [0.4, 0.5) is 8.78 Å². The molecule has 0 fully saturated rings. The lowest BCUT2D eigenvalue weighted by Gasteiger charge is -2.20. The van der Waals surface area contributed by atoms with Gasteiger partial charge in [0.2, 0.25) is 0 Å². The van der Waals surface area contributed by atoms with E-state index in [0.29, 0.717) is 18.5 Å². The summed E-state index contributed by atoms with van der Waals surface area (Å²) < 4.78 is 28.4. The van der Waals surface area contributed by atoms with Gasteiger partial charge in [-0.1, -0.05) is 13.0 Å². The number of aromatic nitrogens is 2. The molecule has 2 aromatic rings. The zero-order valence-electron chi connectivity index (χ0n) is 11.8. The molecule has 0 bridgehead atoms. The molecule has 1 heterocycles. The minimum Gasteiger partial charge on any atom is -0.337 e. The van der Waals surface area contributed by atoms with Crippen LogP contribution in [0.3, 0.4) is 0 Å². The molecule has 1 aromatic carbocycles. The molecule has 0 saturated carbocycles. The number of nitrogens with zero attached hydrogens (tertiary/aromatic N) is 3. The van der Waals surface area contributed by atoms with E-state index >= 15 is 0 Å². The Bertz CT molecular complexity index is 566. The molecule has 0 N–H and O–H groups in total. The van der Waals surface area contributed by atoms with Crippen molar-refractivity contribution in [1.29, 1.82) is 0 Å². The van der Waals surface area contributed by atoms with Gasteiger partial charge in [-0.2, -0.15) is 0 Å². The summed E-state index contributed by atoms with van der Waals surface area (Å²) in [5, 5.41) is 0. The van der Waals surface area contributed by atoms with Gasteiger partial charge < -0.3 is 4.57 Å². The molecule has 0 atom stereocenters. The van der Waals surface area contributed by atoms with Gasteiger partial charge in [0, 0.05) is 32.1 Å². The molecule has 3 nitrogen and oxygen atoms in total. The molecular formula is C15H19F2N3. The van der Waals surface area contributed by atoms with Crippen LogP contribution in [-0.4, -0.2) is 27.5 Å². The van der Waals surface area contributed by atoms with E-state index in [9.17, 15) is 8.78 Å². The summed E-state index contributed by atoms with van der Waals surface area (Å²) >= 11 is 0. The lowest BCUT2D eigenvalue weighted by molar-refractivity contribution is 0.272. The highest BCUT2D eigenvalue weighted by Crippen LogP contribution is 2.11. The Morgan fingerprint density at radius 1 is 1.30 bits per heavy atom. The Kier molecular flexibility index (Phi) is 4.84. The van der Waals surface area contributed by atoms with Crippen molar-refractivity contribution in [2.45, 2.75) is 19.9 Å². The number of hydrogen-bond acceptors (Lipinski definition) is 2. The van der Waals surface area contributed by atoms with Crippen molar-refractivity contribution in [2.75, 3.05) is 13.1 Å². The molecule has 0 amide bonds. The largest absolute Gasteiger partial charge is 0.337 e. The van der Waals surface area contributed by atoms with E-state index in [2.05, 4.69) is 16.8 Å². The Balaban J connectivity index is 1.95. The third kappa shape index (κ3) is 3.63. The molecule has 0 aliphatic carbocycles. The lowest BCUT2D eigenvalue weighted by Crippen LogP contribution is -2.27.